The van der Waals surface area contributed by atoms with Gasteiger partial charge in [0.2, 0.25) is 5.13 Å². The number of rotatable bonds is 6. The van der Waals surface area contributed by atoms with Crippen molar-refractivity contribution in [1.82, 2.24) is 15.5 Å². The van der Waals surface area contributed by atoms with Crippen molar-refractivity contribution in [1.29, 1.82) is 0 Å². The lowest BCUT2D eigenvalue weighted by molar-refractivity contribution is 0.585. The highest BCUT2D eigenvalue weighted by atomic mass is 35.5. The second-order valence-corrected chi connectivity index (χ2v) is 7.75. The van der Waals surface area contributed by atoms with Gasteiger partial charge in [-0.05, 0) is 17.7 Å². The molecule has 0 fully saturated rings. The maximum Gasteiger partial charge on any atom is 0.208 e. The molecular weight excluding hydrogens is 324 g/mol. The number of anilines is 1. The van der Waals surface area contributed by atoms with Crippen LogP contribution < -0.4 is 10.2 Å². The highest BCUT2D eigenvalue weighted by Gasteiger charge is 2.12. The molecule has 1 aromatic heterocycles. The quantitative estimate of drug-likeness (QED) is 0.862. The molecule has 0 amide bonds. The number of hydrogen-bond acceptors (Lipinski definition) is 6. The normalized spacial score (nSPS) is 11.1. The lowest BCUT2D eigenvalue weighted by atomic mass is 10.2. The first-order valence-corrected chi connectivity index (χ1v) is 8.68. The molecule has 1 N–H and O–H groups in total. The number of hydrogen-bond donors (Lipinski definition) is 1. The summed E-state index contributed by atoms with van der Waals surface area (Å²) in [4.78, 5) is 3.08. The zero-order chi connectivity index (χ0) is 15.4. The Morgan fingerprint density at radius 2 is 2.10 bits per heavy atom. The highest BCUT2D eigenvalue weighted by molar-refractivity contribution is 8.01. The number of benzene rings is 1. The van der Waals surface area contributed by atoms with Gasteiger partial charge in [-0.2, -0.15) is 0 Å². The van der Waals surface area contributed by atoms with Crippen molar-refractivity contribution >= 4 is 39.8 Å². The molecular formula is C14H19ClN4S2. The first kappa shape index (κ1) is 16.5. The molecule has 114 valence electrons. The summed E-state index contributed by atoms with van der Waals surface area (Å²) in [6, 6.07) is 6.39. The van der Waals surface area contributed by atoms with Crippen LogP contribution in [0, 0.1) is 0 Å². The minimum atomic E-state index is 0.418. The zero-order valence-corrected chi connectivity index (χ0v) is 14.9. The Labute approximate surface area is 138 Å². The molecule has 4 nitrogen and oxygen atoms in total. The monoisotopic (exact) mass is 342 g/mol. The van der Waals surface area contributed by atoms with Crippen LogP contribution in [0.15, 0.2) is 27.4 Å². The predicted molar refractivity (Wildman–Crippen MR) is 91.8 cm³/mol. The van der Waals surface area contributed by atoms with Crippen LogP contribution in [-0.4, -0.2) is 30.3 Å². The van der Waals surface area contributed by atoms with Crippen molar-refractivity contribution in [3.05, 3.63) is 28.8 Å². The summed E-state index contributed by atoms with van der Waals surface area (Å²) in [7, 11) is 3.93. The smallest absolute Gasteiger partial charge is 0.208 e. The number of halogens is 1. The van der Waals surface area contributed by atoms with Gasteiger partial charge in [0, 0.05) is 36.6 Å². The SMILES string of the molecule is CC(C)NCc1c(Cl)cccc1Sc1nnc(N(C)C)s1. The van der Waals surface area contributed by atoms with Gasteiger partial charge in [-0.25, -0.2) is 0 Å². The number of nitrogens with zero attached hydrogens (tertiary/aromatic N) is 3. The molecule has 0 aliphatic carbocycles. The summed E-state index contributed by atoms with van der Waals surface area (Å²) in [5.41, 5.74) is 1.11. The van der Waals surface area contributed by atoms with E-state index >= 15 is 0 Å². The van der Waals surface area contributed by atoms with Crippen LogP contribution in [0.2, 0.25) is 5.02 Å². The van der Waals surface area contributed by atoms with Gasteiger partial charge in [0.05, 0.1) is 0 Å². The van der Waals surface area contributed by atoms with Crippen molar-refractivity contribution in [2.45, 2.75) is 35.7 Å². The van der Waals surface area contributed by atoms with E-state index in [4.69, 9.17) is 11.6 Å². The van der Waals surface area contributed by atoms with Crippen molar-refractivity contribution in [3.8, 4) is 0 Å². The average molecular weight is 343 g/mol. The van der Waals surface area contributed by atoms with Crippen LogP contribution in [0.4, 0.5) is 5.13 Å². The molecule has 0 saturated carbocycles. The molecule has 2 aromatic rings. The van der Waals surface area contributed by atoms with Crippen LogP contribution in [-0.2, 0) is 6.54 Å². The van der Waals surface area contributed by atoms with Gasteiger partial charge in [0.15, 0.2) is 4.34 Å². The molecule has 1 heterocycles. The number of nitrogens with one attached hydrogen (secondary N) is 1. The molecule has 1 aromatic carbocycles. The van der Waals surface area contributed by atoms with Crippen LogP contribution >= 0.6 is 34.7 Å². The summed E-state index contributed by atoms with van der Waals surface area (Å²) in [5, 5.41) is 13.5. The van der Waals surface area contributed by atoms with Gasteiger partial charge < -0.3 is 10.2 Å². The molecule has 0 aliphatic rings. The Kier molecular flexibility index (Phi) is 5.87. The highest BCUT2D eigenvalue weighted by Crippen LogP contribution is 2.36. The second-order valence-electron chi connectivity index (χ2n) is 5.10. The molecule has 21 heavy (non-hydrogen) atoms. The summed E-state index contributed by atoms with van der Waals surface area (Å²) >= 11 is 9.53. The summed E-state index contributed by atoms with van der Waals surface area (Å²) in [6.45, 7) is 4.99. The molecule has 0 atom stereocenters. The molecule has 0 radical (unpaired) electrons. The van der Waals surface area contributed by atoms with Crippen LogP contribution in [0.1, 0.15) is 19.4 Å². The Balaban J connectivity index is 2.20. The third kappa shape index (κ3) is 4.57. The van der Waals surface area contributed by atoms with Gasteiger partial charge in [-0.15, -0.1) is 10.2 Å². The van der Waals surface area contributed by atoms with E-state index in [1.54, 1.807) is 23.1 Å². The first-order valence-electron chi connectivity index (χ1n) is 6.67. The Hall–Kier alpha value is -0.820. The van der Waals surface area contributed by atoms with E-state index in [-0.39, 0.29) is 0 Å². The number of aromatic nitrogens is 2. The predicted octanol–water partition coefficient (Wildman–Crippen LogP) is 3.91. The minimum absolute atomic E-state index is 0.418. The zero-order valence-electron chi connectivity index (χ0n) is 12.6. The van der Waals surface area contributed by atoms with Gasteiger partial charge in [-0.1, -0.05) is 54.6 Å². The summed E-state index contributed by atoms with van der Waals surface area (Å²) < 4.78 is 0.923. The Morgan fingerprint density at radius 1 is 1.33 bits per heavy atom. The molecule has 0 unspecified atom stereocenters. The van der Waals surface area contributed by atoms with Crippen LogP contribution in [0.5, 0.6) is 0 Å². The van der Waals surface area contributed by atoms with Crippen molar-refractivity contribution in [2.24, 2.45) is 0 Å². The van der Waals surface area contributed by atoms with Crippen LogP contribution in [0.25, 0.3) is 0 Å². The Morgan fingerprint density at radius 3 is 2.71 bits per heavy atom. The van der Waals surface area contributed by atoms with Crippen molar-refractivity contribution in [2.75, 3.05) is 19.0 Å². The lowest BCUT2D eigenvalue weighted by Crippen LogP contribution is -2.22. The first-order chi connectivity index (χ1) is 9.97. The lowest BCUT2D eigenvalue weighted by Gasteiger charge is -2.13. The van der Waals surface area contributed by atoms with E-state index in [2.05, 4.69) is 35.4 Å². The minimum Gasteiger partial charge on any atom is -0.353 e. The van der Waals surface area contributed by atoms with E-state index in [1.165, 1.54) is 0 Å². The topological polar surface area (TPSA) is 41.1 Å². The summed E-state index contributed by atoms with van der Waals surface area (Å²) in [5.74, 6) is 0. The van der Waals surface area contributed by atoms with Gasteiger partial charge in [-0.3, -0.25) is 0 Å². The molecule has 0 spiro atoms. The fourth-order valence-electron chi connectivity index (χ4n) is 1.63. The maximum absolute atomic E-state index is 6.34. The van der Waals surface area contributed by atoms with Gasteiger partial charge >= 0.3 is 0 Å². The van der Waals surface area contributed by atoms with E-state index in [1.807, 2.05) is 31.1 Å². The standard InChI is InChI=1S/C14H19ClN4S2/c1-9(2)16-8-10-11(15)6-5-7-12(10)20-14-18-17-13(21-14)19(3)4/h5-7,9,16H,8H2,1-4H3. The average Bonchev–Trinajstić information content (AvgIpc) is 2.86. The molecule has 7 heteroatoms. The second kappa shape index (κ2) is 7.45. The van der Waals surface area contributed by atoms with Gasteiger partial charge in [0.1, 0.15) is 0 Å². The molecule has 0 bridgehead atoms. The van der Waals surface area contributed by atoms with Crippen molar-refractivity contribution in [3.63, 3.8) is 0 Å². The Bertz CT molecular complexity index is 598. The van der Waals surface area contributed by atoms with Crippen LogP contribution in [0.3, 0.4) is 0 Å². The fraction of sp³-hybridized carbons (Fsp3) is 0.429. The molecule has 0 aliphatic heterocycles. The fourth-order valence-corrected chi connectivity index (χ4v) is 3.81. The molecule has 0 saturated heterocycles. The third-order valence-corrected chi connectivity index (χ3v) is 5.34. The van der Waals surface area contributed by atoms with Gasteiger partial charge in [0.25, 0.3) is 0 Å². The largest absolute Gasteiger partial charge is 0.353 e. The van der Waals surface area contributed by atoms with Crippen molar-refractivity contribution < 1.29 is 0 Å². The molecule has 2 rings (SSSR count). The third-order valence-electron chi connectivity index (χ3n) is 2.74. The van der Waals surface area contributed by atoms with E-state index in [0.29, 0.717) is 6.04 Å². The van der Waals surface area contributed by atoms with E-state index in [0.717, 1.165) is 31.5 Å². The van der Waals surface area contributed by atoms with E-state index in [9.17, 15) is 0 Å². The maximum atomic E-state index is 6.34. The summed E-state index contributed by atoms with van der Waals surface area (Å²) in [6.07, 6.45) is 0. The van der Waals surface area contributed by atoms with E-state index < -0.39 is 0 Å².